The van der Waals surface area contributed by atoms with E-state index in [1.165, 1.54) is 0 Å². The van der Waals surface area contributed by atoms with E-state index >= 15 is 0 Å². The average Bonchev–Trinajstić information content (AvgIpc) is 3.35. The highest BCUT2D eigenvalue weighted by atomic mass is 16.2. The molecule has 0 saturated carbocycles. The molecule has 0 unspecified atom stereocenters. The number of benzene rings is 2. The molecule has 0 aliphatic carbocycles. The summed E-state index contributed by atoms with van der Waals surface area (Å²) in [6, 6.07) is 20.3. The number of hydrogen-bond donors (Lipinski definition) is 0. The quantitative estimate of drug-likeness (QED) is 0.641. The number of carbonyl (C=O) groups excluding carboxylic acids is 1. The maximum Gasteiger partial charge on any atom is 0.246 e. The number of nitrogens with zero attached hydrogens (tertiary/aromatic N) is 5. The fraction of sp³-hybridized carbons (Fsp3) is 0.280. The third-order valence-electron chi connectivity index (χ3n) is 6.10. The van der Waals surface area contributed by atoms with E-state index in [4.69, 9.17) is 4.98 Å². The molecule has 6 heteroatoms. The maximum atomic E-state index is 13.2. The predicted molar refractivity (Wildman–Crippen MR) is 122 cm³/mol. The monoisotopic (exact) mass is 411 g/mol. The molecule has 3 aromatic rings. The number of piperidine rings is 1. The molecule has 156 valence electrons. The molecule has 0 spiro atoms. The van der Waals surface area contributed by atoms with Crippen molar-refractivity contribution < 1.29 is 4.79 Å². The van der Waals surface area contributed by atoms with Crippen LogP contribution in [-0.4, -0.2) is 40.2 Å². The first-order chi connectivity index (χ1) is 15.3. The number of anilines is 1. The Bertz CT molecular complexity index is 1060. The zero-order valence-electron chi connectivity index (χ0n) is 17.3. The highest BCUT2D eigenvalue weighted by molar-refractivity contribution is 5.82. The molecule has 5 rings (SSSR count). The summed E-state index contributed by atoms with van der Waals surface area (Å²) < 4.78 is 0. The maximum absolute atomic E-state index is 13.2. The van der Waals surface area contributed by atoms with Crippen LogP contribution in [0, 0.1) is 5.92 Å². The predicted octanol–water partition coefficient (Wildman–Crippen LogP) is 4.32. The Morgan fingerprint density at radius 1 is 0.903 bits per heavy atom. The molecule has 1 atom stereocenters. The van der Waals surface area contributed by atoms with E-state index in [9.17, 15) is 4.79 Å². The van der Waals surface area contributed by atoms with Crippen LogP contribution in [0.25, 0.3) is 11.3 Å². The van der Waals surface area contributed by atoms with Crippen molar-refractivity contribution in [1.29, 1.82) is 0 Å². The van der Waals surface area contributed by atoms with Crippen molar-refractivity contribution in [3.8, 4) is 11.3 Å². The molecule has 1 amide bonds. The van der Waals surface area contributed by atoms with Crippen LogP contribution in [-0.2, 0) is 4.79 Å². The standard InChI is InChI=1S/C25H25N5O/c31-25(30-23(11-14-27-30)20-9-5-2-6-10-20)21-12-15-29(16-13-21)24-18-26-17-22(28-24)19-7-3-1-4-8-19/h1-10,14,17-18,21,23H,11-13,15-16H2/t23-/m0/s1. The van der Waals surface area contributed by atoms with Crippen LogP contribution in [0.3, 0.4) is 0 Å². The smallest absolute Gasteiger partial charge is 0.246 e. The number of rotatable bonds is 4. The Kier molecular flexibility index (Phi) is 5.44. The normalized spacial score (nSPS) is 19.0. The van der Waals surface area contributed by atoms with E-state index in [2.05, 4.69) is 27.1 Å². The first-order valence-electron chi connectivity index (χ1n) is 10.8. The van der Waals surface area contributed by atoms with E-state index in [-0.39, 0.29) is 17.9 Å². The van der Waals surface area contributed by atoms with E-state index in [0.717, 1.165) is 55.0 Å². The summed E-state index contributed by atoms with van der Waals surface area (Å²) in [5.41, 5.74) is 3.06. The highest BCUT2D eigenvalue weighted by Gasteiger charge is 2.34. The molecular weight excluding hydrogens is 386 g/mol. The third-order valence-corrected chi connectivity index (χ3v) is 6.10. The van der Waals surface area contributed by atoms with Gasteiger partial charge in [0.15, 0.2) is 0 Å². The average molecular weight is 412 g/mol. The van der Waals surface area contributed by atoms with Gasteiger partial charge in [-0.25, -0.2) is 9.99 Å². The van der Waals surface area contributed by atoms with Gasteiger partial charge < -0.3 is 4.90 Å². The summed E-state index contributed by atoms with van der Waals surface area (Å²) in [5.74, 6) is 0.989. The first kappa shape index (κ1) is 19.4. The van der Waals surface area contributed by atoms with E-state index in [1.54, 1.807) is 11.2 Å². The van der Waals surface area contributed by atoms with Crippen LogP contribution < -0.4 is 4.90 Å². The van der Waals surface area contributed by atoms with Crippen LogP contribution in [0.5, 0.6) is 0 Å². The van der Waals surface area contributed by atoms with Gasteiger partial charge in [0.2, 0.25) is 5.91 Å². The summed E-state index contributed by atoms with van der Waals surface area (Å²) in [6.07, 6.45) is 7.83. The lowest BCUT2D eigenvalue weighted by atomic mass is 9.94. The van der Waals surface area contributed by atoms with Crippen molar-refractivity contribution >= 4 is 17.9 Å². The van der Waals surface area contributed by atoms with Gasteiger partial charge in [-0.15, -0.1) is 0 Å². The third kappa shape index (κ3) is 4.06. The number of carbonyl (C=O) groups is 1. The van der Waals surface area contributed by atoms with Gasteiger partial charge in [0.05, 0.1) is 24.1 Å². The van der Waals surface area contributed by atoms with Crippen LogP contribution in [0.4, 0.5) is 5.82 Å². The second-order valence-corrected chi connectivity index (χ2v) is 8.03. The Morgan fingerprint density at radius 2 is 1.61 bits per heavy atom. The fourth-order valence-corrected chi connectivity index (χ4v) is 4.38. The molecule has 0 radical (unpaired) electrons. The van der Waals surface area contributed by atoms with Crippen LogP contribution in [0.2, 0.25) is 0 Å². The number of aromatic nitrogens is 2. The number of hydrogen-bond acceptors (Lipinski definition) is 5. The minimum absolute atomic E-state index is 0.0111. The SMILES string of the molecule is O=C(C1CCN(c2cncc(-c3ccccc3)n2)CC1)N1N=CC[C@H]1c1ccccc1. The van der Waals surface area contributed by atoms with Crippen LogP contribution in [0.1, 0.15) is 30.9 Å². The largest absolute Gasteiger partial charge is 0.355 e. The van der Waals surface area contributed by atoms with Crippen molar-refractivity contribution in [2.75, 3.05) is 18.0 Å². The van der Waals surface area contributed by atoms with Crippen molar-refractivity contribution in [3.05, 3.63) is 78.6 Å². The molecule has 2 aliphatic heterocycles. The molecule has 2 aromatic carbocycles. The van der Waals surface area contributed by atoms with Crippen LogP contribution in [0.15, 0.2) is 78.2 Å². The van der Waals surface area contributed by atoms with Gasteiger partial charge in [-0.2, -0.15) is 5.10 Å². The zero-order valence-corrected chi connectivity index (χ0v) is 17.3. The highest BCUT2D eigenvalue weighted by Crippen LogP contribution is 2.32. The molecule has 31 heavy (non-hydrogen) atoms. The molecular formula is C25H25N5O. The molecule has 1 fully saturated rings. The topological polar surface area (TPSA) is 61.7 Å². The van der Waals surface area contributed by atoms with Crippen molar-refractivity contribution in [3.63, 3.8) is 0 Å². The lowest BCUT2D eigenvalue weighted by molar-refractivity contribution is -0.138. The van der Waals surface area contributed by atoms with Crippen molar-refractivity contribution in [1.82, 2.24) is 15.0 Å². The summed E-state index contributed by atoms with van der Waals surface area (Å²) in [7, 11) is 0. The summed E-state index contributed by atoms with van der Waals surface area (Å²) in [5, 5.41) is 6.11. The Morgan fingerprint density at radius 3 is 2.35 bits per heavy atom. The molecule has 6 nitrogen and oxygen atoms in total. The molecule has 1 aromatic heterocycles. The van der Waals surface area contributed by atoms with Gasteiger partial charge in [-0.05, 0) is 18.4 Å². The molecule has 1 saturated heterocycles. The minimum Gasteiger partial charge on any atom is -0.355 e. The van der Waals surface area contributed by atoms with E-state index in [1.807, 2.05) is 60.9 Å². The Hall–Kier alpha value is -3.54. The number of hydrazone groups is 1. The summed E-state index contributed by atoms with van der Waals surface area (Å²) in [4.78, 5) is 24.7. The Labute approximate surface area is 182 Å². The zero-order chi connectivity index (χ0) is 21.0. The first-order valence-corrected chi connectivity index (χ1v) is 10.8. The molecule has 2 aliphatic rings. The van der Waals surface area contributed by atoms with Gasteiger partial charge in [0, 0.05) is 37.2 Å². The van der Waals surface area contributed by atoms with Gasteiger partial charge in [-0.1, -0.05) is 60.7 Å². The molecule has 0 N–H and O–H groups in total. The van der Waals surface area contributed by atoms with Gasteiger partial charge in [-0.3, -0.25) is 9.78 Å². The number of amides is 1. The fourth-order valence-electron chi connectivity index (χ4n) is 4.38. The minimum atomic E-state index is -0.0111. The Balaban J connectivity index is 1.25. The second-order valence-electron chi connectivity index (χ2n) is 8.03. The molecule has 3 heterocycles. The lowest BCUT2D eigenvalue weighted by Crippen LogP contribution is -2.41. The van der Waals surface area contributed by atoms with Crippen molar-refractivity contribution in [2.45, 2.75) is 25.3 Å². The van der Waals surface area contributed by atoms with E-state index < -0.39 is 0 Å². The van der Waals surface area contributed by atoms with Gasteiger partial charge >= 0.3 is 0 Å². The van der Waals surface area contributed by atoms with E-state index in [0.29, 0.717) is 0 Å². The van der Waals surface area contributed by atoms with Crippen molar-refractivity contribution in [2.24, 2.45) is 11.0 Å². The van der Waals surface area contributed by atoms with Gasteiger partial charge in [0.25, 0.3) is 0 Å². The van der Waals surface area contributed by atoms with Crippen LogP contribution >= 0.6 is 0 Å². The lowest BCUT2D eigenvalue weighted by Gasteiger charge is -2.34. The second kappa shape index (κ2) is 8.68. The van der Waals surface area contributed by atoms with Gasteiger partial charge in [0.1, 0.15) is 5.82 Å². The molecule has 0 bridgehead atoms. The summed E-state index contributed by atoms with van der Waals surface area (Å²) in [6.45, 7) is 1.58. The summed E-state index contributed by atoms with van der Waals surface area (Å²) >= 11 is 0.